The van der Waals surface area contributed by atoms with Crippen LogP contribution < -0.4 is 15.4 Å². The highest BCUT2D eigenvalue weighted by Gasteiger charge is 2.31. The van der Waals surface area contributed by atoms with E-state index in [1.165, 1.54) is 7.11 Å². The minimum absolute atomic E-state index is 0.0882. The van der Waals surface area contributed by atoms with Crippen molar-refractivity contribution in [3.8, 4) is 5.88 Å². The van der Waals surface area contributed by atoms with E-state index in [0.29, 0.717) is 17.3 Å². The number of amides is 1. The van der Waals surface area contributed by atoms with E-state index in [1.54, 1.807) is 19.1 Å². The van der Waals surface area contributed by atoms with Gasteiger partial charge in [-0.05, 0) is 36.8 Å². The zero-order valence-corrected chi connectivity index (χ0v) is 16.4. The topological polar surface area (TPSA) is 63.2 Å². The van der Waals surface area contributed by atoms with Gasteiger partial charge in [-0.3, -0.25) is 4.79 Å². The van der Waals surface area contributed by atoms with E-state index < -0.39 is 17.6 Å². The molecule has 1 heterocycles. The molecule has 0 saturated heterocycles. The van der Waals surface area contributed by atoms with Crippen molar-refractivity contribution in [3.63, 3.8) is 0 Å². The second-order valence-electron chi connectivity index (χ2n) is 6.54. The Hall–Kier alpha value is -3.55. The van der Waals surface area contributed by atoms with Gasteiger partial charge in [-0.25, -0.2) is 4.98 Å². The van der Waals surface area contributed by atoms with Crippen LogP contribution in [0.15, 0.2) is 60.7 Å². The van der Waals surface area contributed by atoms with E-state index in [4.69, 9.17) is 4.74 Å². The molecule has 8 heteroatoms. The van der Waals surface area contributed by atoms with E-state index >= 15 is 0 Å². The number of carbonyl (C=O) groups excluding carboxylic acids is 1. The van der Waals surface area contributed by atoms with Gasteiger partial charge < -0.3 is 15.4 Å². The van der Waals surface area contributed by atoms with Gasteiger partial charge in [-0.15, -0.1) is 0 Å². The summed E-state index contributed by atoms with van der Waals surface area (Å²) in [6.45, 7) is 1.96. The standard InChI is InChI=1S/C22H20F3N3O2/c1-14-18(10-11-20(27-14)30-2)28-21(29)17-9-8-16(22(23,24)25)12-19(17)26-13-15-6-4-3-5-7-15/h3-12,26H,13H2,1-2H3,(H,28,29). The molecule has 1 amide bonds. The monoisotopic (exact) mass is 415 g/mol. The predicted molar refractivity (Wildman–Crippen MR) is 109 cm³/mol. The highest BCUT2D eigenvalue weighted by Crippen LogP contribution is 2.33. The van der Waals surface area contributed by atoms with Crippen LogP contribution in [0.5, 0.6) is 5.88 Å². The summed E-state index contributed by atoms with van der Waals surface area (Å²) in [5.41, 5.74) is 1.18. The number of nitrogens with zero attached hydrogens (tertiary/aromatic N) is 1. The van der Waals surface area contributed by atoms with Gasteiger partial charge in [0.25, 0.3) is 5.91 Å². The molecule has 0 aliphatic rings. The number of nitrogens with one attached hydrogen (secondary N) is 2. The van der Waals surface area contributed by atoms with Crippen LogP contribution in [0.4, 0.5) is 24.5 Å². The number of anilines is 2. The van der Waals surface area contributed by atoms with E-state index in [2.05, 4.69) is 15.6 Å². The Morgan fingerprint density at radius 3 is 2.40 bits per heavy atom. The first-order valence-corrected chi connectivity index (χ1v) is 9.10. The Labute approximate surface area is 171 Å². The Balaban J connectivity index is 1.89. The molecule has 1 aromatic heterocycles. The number of carbonyl (C=O) groups is 1. The van der Waals surface area contributed by atoms with E-state index in [0.717, 1.165) is 23.8 Å². The molecule has 0 unspecified atom stereocenters. The molecule has 0 spiro atoms. The highest BCUT2D eigenvalue weighted by atomic mass is 19.4. The zero-order valence-electron chi connectivity index (χ0n) is 16.4. The number of alkyl halides is 3. The molecular formula is C22H20F3N3O2. The number of rotatable bonds is 6. The molecule has 0 atom stereocenters. The van der Waals surface area contributed by atoms with Crippen LogP contribution in [0.3, 0.4) is 0 Å². The number of ether oxygens (including phenoxy) is 1. The Morgan fingerprint density at radius 2 is 1.77 bits per heavy atom. The number of hydrogen-bond acceptors (Lipinski definition) is 4. The lowest BCUT2D eigenvalue weighted by Crippen LogP contribution is -2.17. The van der Waals surface area contributed by atoms with E-state index in [9.17, 15) is 18.0 Å². The van der Waals surface area contributed by atoms with E-state index in [-0.39, 0.29) is 17.8 Å². The van der Waals surface area contributed by atoms with Crippen LogP contribution in [-0.2, 0) is 12.7 Å². The number of aryl methyl sites for hydroxylation is 1. The van der Waals surface area contributed by atoms with Crippen molar-refractivity contribution < 1.29 is 22.7 Å². The van der Waals surface area contributed by atoms with Crippen LogP contribution in [0.25, 0.3) is 0 Å². The van der Waals surface area contributed by atoms with Gasteiger partial charge in [-0.2, -0.15) is 13.2 Å². The maximum Gasteiger partial charge on any atom is 0.416 e. The van der Waals surface area contributed by atoms with Gasteiger partial charge >= 0.3 is 6.18 Å². The number of aromatic nitrogens is 1. The summed E-state index contributed by atoms with van der Waals surface area (Å²) in [5.74, 6) is -0.153. The molecule has 0 aliphatic carbocycles. The lowest BCUT2D eigenvalue weighted by molar-refractivity contribution is -0.137. The average molecular weight is 415 g/mol. The number of benzene rings is 2. The minimum Gasteiger partial charge on any atom is -0.481 e. The quantitative estimate of drug-likeness (QED) is 0.575. The summed E-state index contributed by atoms with van der Waals surface area (Å²) in [6.07, 6.45) is -4.52. The molecule has 0 aliphatic heterocycles. The summed E-state index contributed by atoms with van der Waals surface area (Å²) in [7, 11) is 1.48. The maximum atomic E-state index is 13.2. The first kappa shape index (κ1) is 21.2. The fourth-order valence-electron chi connectivity index (χ4n) is 2.83. The van der Waals surface area contributed by atoms with Crippen molar-refractivity contribution in [2.24, 2.45) is 0 Å². The third-order valence-electron chi connectivity index (χ3n) is 4.43. The molecule has 5 nitrogen and oxygen atoms in total. The molecule has 30 heavy (non-hydrogen) atoms. The first-order valence-electron chi connectivity index (χ1n) is 9.10. The highest BCUT2D eigenvalue weighted by molar-refractivity contribution is 6.08. The maximum absolute atomic E-state index is 13.2. The fourth-order valence-corrected chi connectivity index (χ4v) is 2.83. The van der Waals surface area contributed by atoms with Crippen LogP contribution in [0, 0.1) is 6.92 Å². The van der Waals surface area contributed by atoms with Crippen LogP contribution >= 0.6 is 0 Å². The Morgan fingerprint density at radius 1 is 1.03 bits per heavy atom. The fraction of sp³-hybridized carbons (Fsp3) is 0.182. The SMILES string of the molecule is COc1ccc(NC(=O)c2ccc(C(F)(F)F)cc2NCc2ccccc2)c(C)n1. The van der Waals surface area contributed by atoms with Crippen molar-refractivity contribution in [2.45, 2.75) is 19.6 Å². The lowest BCUT2D eigenvalue weighted by Gasteiger charge is -2.16. The van der Waals surface area contributed by atoms with Crippen LogP contribution in [-0.4, -0.2) is 18.0 Å². The summed E-state index contributed by atoms with van der Waals surface area (Å²) in [6, 6.07) is 15.4. The van der Waals surface area contributed by atoms with Crippen molar-refractivity contribution in [3.05, 3.63) is 83.0 Å². The van der Waals surface area contributed by atoms with Gasteiger partial charge in [-0.1, -0.05) is 30.3 Å². The van der Waals surface area contributed by atoms with Crippen molar-refractivity contribution in [1.29, 1.82) is 0 Å². The Kier molecular flexibility index (Phi) is 6.25. The van der Waals surface area contributed by atoms with Gasteiger partial charge in [0.2, 0.25) is 5.88 Å². The molecule has 0 radical (unpaired) electrons. The van der Waals surface area contributed by atoms with E-state index in [1.807, 2.05) is 30.3 Å². The second-order valence-corrected chi connectivity index (χ2v) is 6.54. The molecule has 3 aromatic rings. The average Bonchev–Trinajstić information content (AvgIpc) is 2.73. The van der Waals surface area contributed by atoms with Gasteiger partial charge in [0, 0.05) is 18.3 Å². The normalized spacial score (nSPS) is 11.1. The molecule has 3 rings (SSSR count). The predicted octanol–water partition coefficient (Wildman–Crippen LogP) is 5.28. The summed E-state index contributed by atoms with van der Waals surface area (Å²) < 4.78 is 44.6. The summed E-state index contributed by atoms with van der Waals surface area (Å²) in [5, 5.41) is 5.64. The molecule has 0 bridgehead atoms. The van der Waals surface area contributed by atoms with Gasteiger partial charge in [0.15, 0.2) is 0 Å². The number of halogens is 3. The molecule has 2 N–H and O–H groups in total. The molecule has 0 saturated carbocycles. The second kappa shape index (κ2) is 8.86. The van der Waals surface area contributed by atoms with Crippen LogP contribution in [0.1, 0.15) is 27.2 Å². The van der Waals surface area contributed by atoms with Gasteiger partial charge in [0.05, 0.1) is 29.6 Å². The van der Waals surface area contributed by atoms with Crippen molar-refractivity contribution >= 4 is 17.3 Å². The number of methoxy groups -OCH3 is 1. The molecule has 2 aromatic carbocycles. The molecular weight excluding hydrogens is 395 g/mol. The zero-order chi connectivity index (χ0) is 21.7. The van der Waals surface area contributed by atoms with Crippen molar-refractivity contribution in [2.75, 3.05) is 17.7 Å². The van der Waals surface area contributed by atoms with Crippen LogP contribution in [0.2, 0.25) is 0 Å². The molecule has 156 valence electrons. The number of hydrogen-bond donors (Lipinski definition) is 2. The summed E-state index contributed by atoms with van der Waals surface area (Å²) in [4.78, 5) is 17.0. The third-order valence-corrected chi connectivity index (χ3v) is 4.43. The molecule has 0 fully saturated rings. The summed E-state index contributed by atoms with van der Waals surface area (Å²) >= 11 is 0. The Bertz CT molecular complexity index is 1040. The lowest BCUT2D eigenvalue weighted by atomic mass is 10.1. The smallest absolute Gasteiger partial charge is 0.416 e. The van der Waals surface area contributed by atoms with Gasteiger partial charge in [0.1, 0.15) is 0 Å². The number of pyridine rings is 1. The minimum atomic E-state index is -4.52. The third kappa shape index (κ3) is 5.08. The first-order chi connectivity index (χ1) is 14.3. The largest absolute Gasteiger partial charge is 0.481 e. The van der Waals surface area contributed by atoms with Crippen molar-refractivity contribution in [1.82, 2.24) is 4.98 Å².